The highest BCUT2D eigenvalue weighted by Crippen LogP contribution is 2.37. The first-order chi connectivity index (χ1) is 9.61. The number of rotatable bonds is 7. The van der Waals surface area contributed by atoms with E-state index >= 15 is 0 Å². The molecule has 1 saturated heterocycles. The minimum atomic E-state index is -0.144. The van der Waals surface area contributed by atoms with E-state index in [1.54, 1.807) is 0 Å². The minimum Gasteiger partial charge on any atom is -0.338 e. The maximum atomic E-state index is 11.9. The molecule has 0 radical (unpaired) electrons. The number of thioether (sulfide) groups is 1. The largest absolute Gasteiger partial charge is 0.338 e. The van der Waals surface area contributed by atoms with Gasteiger partial charge in [0.1, 0.15) is 0 Å². The first kappa shape index (κ1) is 15.5. The normalized spacial score (nSPS) is 28.6. The molecule has 3 amide bonds. The third-order valence-corrected chi connectivity index (χ3v) is 4.90. The van der Waals surface area contributed by atoms with Gasteiger partial charge < -0.3 is 15.5 Å². The van der Waals surface area contributed by atoms with Crippen molar-refractivity contribution >= 4 is 23.7 Å². The fraction of sp³-hybridized carbons (Fsp3) is 0.857. The van der Waals surface area contributed by atoms with Crippen molar-refractivity contribution in [1.29, 1.82) is 0 Å². The van der Waals surface area contributed by atoms with Gasteiger partial charge in [0.25, 0.3) is 0 Å². The first-order valence-corrected chi connectivity index (χ1v) is 8.68. The molecule has 5 nitrogen and oxygen atoms in total. The number of carbonyl (C=O) groups excluding carboxylic acids is 2. The van der Waals surface area contributed by atoms with Crippen LogP contribution < -0.4 is 10.6 Å². The predicted octanol–water partition coefficient (Wildman–Crippen LogP) is 1.44. The van der Waals surface area contributed by atoms with E-state index in [0.29, 0.717) is 31.5 Å². The quantitative estimate of drug-likeness (QED) is 0.699. The van der Waals surface area contributed by atoms with E-state index in [4.69, 9.17) is 0 Å². The fourth-order valence-electron chi connectivity index (χ4n) is 2.64. The van der Waals surface area contributed by atoms with E-state index in [0.717, 1.165) is 24.3 Å². The van der Waals surface area contributed by atoms with E-state index in [9.17, 15) is 9.59 Å². The predicted molar refractivity (Wildman–Crippen MR) is 81.8 cm³/mol. The van der Waals surface area contributed by atoms with Crippen LogP contribution in [0.1, 0.15) is 33.1 Å². The van der Waals surface area contributed by atoms with Gasteiger partial charge in [0.2, 0.25) is 5.91 Å². The molecule has 0 bridgehead atoms. The second kappa shape index (κ2) is 7.20. The lowest BCUT2D eigenvalue weighted by Gasteiger charge is -2.17. The molecule has 3 unspecified atom stereocenters. The van der Waals surface area contributed by atoms with Gasteiger partial charge in [-0.25, -0.2) is 4.79 Å². The standard InChI is InChI=1S/C14H25N3O2S/c1-3-20-6-4-5-15-14(19)16-11-8-13(18)17(9-11)12-7-10(12)2/h10-12H,3-9H2,1-2H3,(H2,15,16,19). The fourth-order valence-corrected chi connectivity index (χ4v) is 3.28. The molecule has 2 N–H and O–H groups in total. The van der Waals surface area contributed by atoms with Crippen LogP contribution in [0.15, 0.2) is 0 Å². The van der Waals surface area contributed by atoms with Crippen molar-refractivity contribution in [3.8, 4) is 0 Å². The van der Waals surface area contributed by atoms with Crippen molar-refractivity contribution in [1.82, 2.24) is 15.5 Å². The van der Waals surface area contributed by atoms with Gasteiger partial charge in [-0.15, -0.1) is 0 Å². The van der Waals surface area contributed by atoms with Crippen LogP contribution in [0.3, 0.4) is 0 Å². The Morgan fingerprint density at radius 1 is 1.50 bits per heavy atom. The Labute approximate surface area is 125 Å². The van der Waals surface area contributed by atoms with Gasteiger partial charge in [-0.05, 0) is 30.3 Å². The third-order valence-electron chi connectivity index (χ3n) is 3.92. The van der Waals surface area contributed by atoms with E-state index < -0.39 is 0 Å². The lowest BCUT2D eigenvalue weighted by Crippen LogP contribution is -2.43. The Bertz CT molecular complexity index is 364. The number of amides is 3. The zero-order chi connectivity index (χ0) is 14.5. The second-order valence-electron chi connectivity index (χ2n) is 5.68. The average Bonchev–Trinajstić information content (AvgIpc) is 3.01. The highest BCUT2D eigenvalue weighted by atomic mass is 32.2. The number of hydrogen-bond acceptors (Lipinski definition) is 3. The molecule has 0 aromatic rings. The van der Waals surface area contributed by atoms with Crippen molar-refractivity contribution in [2.24, 2.45) is 5.92 Å². The van der Waals surface area contributed by atoms with Crippen LogP contribution >= 0.6 is 11.8 Å². The molecule has 6 heteroatoms. The lowest BCUT2D eigenvalue weighted by molar-refractivity contribution is -0.128. The molecule has 2 rings (SSSR count). The SMILES string of the molecule is CCSCCCNC(=O)NC1CC(=O)N(C2CC2C)C1. The van der Waals surface area contributed by atoms with Crippen molar-refractivity contribution in [3.63, 3.8) is 0 Å². The van der Waals surface area contributed by atoms with Crippen molar-refractivity contribution in [3.05, 3.63) is 0 Å². The molecule has 3 atom stereocenters. The molecule has 1 saturated carbocycles. The van der Waals surface area contributed by atoms with E-state index in [1.807, 2.05) is 16.7 Å². The topological polar surface area (TPSA) is 61.4 Å². The minimum absolute atomic E-state index is 0.0275. The number of carbonyl (C=O) groups is 2. The smallest absolute Gasteiger partial charge is 0.315 e. The van der Waals surface area contributed by atoms with Crippen LogP contribution in [-0.2, 0) is 4.79 Å². The maximum absolute atomic E-state index is 11.9. The molecule has 1 heterocycles. The summed E-state index contributed by atoms with van der Waals surface area (Å²) in [6.07, 6.45) is 2.54. The number of nitrogens with one attached hydrogen (secondary N) is 2. The Balaban J connectivity index is 1.61. The summed E-state index contributed by atoms with van der Waals surface area (Å²) in [7, 11) is 0. The molecular formula is C14H25N3O2S. The summed E-state index contributed by atoms with van der Waals surface area (Å²) in [5.41, 5.74) is 0. The van der Waals surface area contributed by atoms with Crippen LogP contribution in [0, 0.1) is 5.92 Å². The van der Waals surface area contributed by atoms with Crippen LogP contribution in [-0.4, -0.2) is 53.5 Å². The zero-order valence-corrected chi connectivity index (χ0v) is 13.2. The molecule has 0 spiro atoms. The molecule has 20 heavy (non-hydrogen) atoms. The van der Waals surface area contributed by atoms with Crippen molar-refractivity contribution < 1.29 is 9.59 Å². The zero-order valence-electron chi connectivity index (χ0n) is 12.4. The Morgan fingerprint density at radius 2 is 2.25 bits per heavy atom. The number of urea groups is 1. The van der Waals surface area contributed by atoms with Gasteiger partial charge >= 0.3 is 6.03 Å². The molecule has 2 fully saturated rings. The number of nitrogens with zero attached hydrogens (tertiary/aromatic N) is 1. The van der Waals surface area contributed by atoms with Crippen LogP contribution in [0.25, 0.3) is 0 Å². The summed E-state index contributed by atoms with van der Waals surface area (Å²) in [6, 6.07) is 0.249. The van der Waals surface area contributed by atoms with Gasteiger partial charge in [-0.2, -0.15) is 11.8 Å². The summed E-state index contributed by atoms with van der Waals surface area (Å²) in [5.74, 6) is 3.00. The second-order valence-corrected chi connectivity index (χ2v) is 7.07. The molecular weight excluding hydrogens is 274 g/mol. The molecule has 2 aliphatic rings. The Kier molecular flexibility index (Phi) is 5.57. The van der Waals surface area contributed by atoms with Crippen LogP contribution in [0.5, 0.6) is 0 Å². The van der Waals surface area contributed by atoms with Gasteiger partial charge in [0.05, 0.1) is 6.04 Å². The number of hydrogen-bond donors (Lipinski definition) is 2. The molecule has 1 aliphatic carbocycles. The van der Waals surface area contributed by atoms with Crippen LogP contribution in [0.4, 0.5) is 4.79 Å². The van der Waals surface area contributed by atoms with Gasteiger partial charge in [-0.3, -0.25) is 4.79 Å². The van der Waals surface area contributed by atoms with Gasteiger partial charge in [-0.1, -0.05) is 13.8 Å². The Morgan fingerprint density at radius 3 is 2.90 bits per heavy atom. The van der Waals surface area contributed by atoms with Crippen molar-refractivity contribution in [2.45, 2.75) is 45.2 Å². The van der Waals surface area contributed by atoms with Crippen molar-refractivity contribution in [2.75, 3.05) is 24.6 Å². The molecule has 0 aromatic heterocycles. The highest BCUT2D eigenvalue weighted by Gasteiger charge is 2.44. The summed E-state index contributed by atoms with van der Waals surface area (Å²) in [6.45, 7) is 5.67. The van der Waals surface area contributed by atoms with Gasteiger partial charge in [0, 0.05) is 25.6 Å². The summed E-state index contributed by atoms with van der Waals surface area (Å²) in [4.78, 5) is 25.6. The molecule has 0 aromatic carbocycles. The van der Waals surface area contributed by atoms with E-state index in [2.05, 4.69) is 24.5 Å². The Hall–Kier alpha value is -0.910. The molecule has 114 valence electrons. The summed E-state index contributed by atoms with van der Waals surface area (Å²) >= 11 is 1.88. The first-order valence-electron chi connectivity index (χ1n) is 7.53. The monoisotopic (exact) mass is 299 g/mol. The third kappa shape index (κ3) is 4.30. The summed E-state index contributed by atoms with van der Waals surface area (Å²) < 4.78 is 0. The van der Waals surface area contributed by atoms with Crippen LogP contribution in [0.2, 0.25) is 0 Å². The summed E-state index contributed by atoms with van der Waals surface area (Å²) in [5, 5.41) is 5.77. The lowest BCUT2D eigenvalue weighted by atomic mass is 10.2. The van der Waals surface area contributed by atoms with Gasteiger partial charge in [0.15, 0.2) is 0 Å². The van der Waals surface area contributed by atoms with E-state index in [1.165, 1.54) is 0 Å². The highest BCUT2D eigenvalue weighted by molar-refractivity contribution is 7.99. The molecule has 1 aliphatic heterocycles. The van der Waals surface area contributed by atoms with E-state index in [-0.39, 0.29) is 18.0 Å². The number of likely N-dealkylation sites (tertiary alicyclic amines) is 1. The average molecular weight is 299 g/mol. The maximum Gasteiger partial charge on any atom is 0.315 e.